The lowest BCUT2D eigenvalue weighted by Crippen LogP contribution is -2.16. The molecule has 0 spiro atoms. The summed E-state index contributed by atoms with van der Waals surface area (Å²) in [7, 11) is -3.80. The number of ether oxygens (including phenoxy) is 1. The predicted molar refractivity (Wildman–Crippen MR) is 92.5 cm³/mol. The fraction of sp³-hybridized carbons (Fsp3) is 0.235. The largest absolute Gasteiger partial charge is 0.493 e. The van der Waals surface area contributed by atoms with Gasteiger partial charge in [-0.2, -0.15) is 0 Å². The van der Waals surface area contributed by atoms with Gasteiger partial charge < -0.3 is 10.1 Å². The lowest BCUT2D eigenvalue weighted by Gasteiger charge is -2.10. The van der Waals surface area contributed by atoms with Crippen LogP contribution < -0.4 is 15.2 Å². The van der Waals surface area contributed by atoms with Crippen LogP contribution >= 0.6 is 0 Å². The van der Waals surface area contributed by atoms with Crippen molar-refractivity contribution < 1.29 is 17.9 Å². The van der Waals surface area contributed by atoms with Gasteiger partial charge >= 0.3 is 0 Å². The zero-order valence-electron chi connectivity index (χ0n) is 13.6. The Morgan fingerprint density at radius 1 is 1.17 bits per heavy atom. The molecule has 0 aliphatic heterocycles. The van der Waals surface area contributed by atoms with Gasteiger partial charge in [-0.3, -0.25) is 4.79 Å². The predicted octanol–water partition coefficient (Wildman–Crippen LogP) is 2.36. The number of benzene rings is 2. The molecular weight excluding hydrogens is 328 g/mol. The summed E-state index contributed by atoms with van der Waals surface area (Å²) in [4.78, 5) is 11.9. The van der Waals surface area contributed by atoms with Crippen LogP contribution in [0.4, 0.5) is 5.69 Å². The minimum Gasteiger partial charge on any atom is -0.493 e. The van der Waals surface area contributed by atoms with E-state index in [9.17, 15) is 13.2 Å². The summed E-state index contributed by atoms with van der Waals surface area (Å²) in [5, 5.41) is 7.69. The van der Waals surface area contributed by atoms with Gasteiger partial charge in [-0.15, -0.1) is 0 Å². The van der Waals surface area contributed by atoms with E-state index in [1.54, 1.807) is 6.07 Å². The monoisotopic (exact) mass is 348 g/mol. The molecule has 1 amide bonds. The topological polar surface area (TPSA) is 98.5 Å². The van der Waals surface area contributed by atoms with E-state index in [1.807, 2.05) is 32.0 Å². The van der Waals surface area contributed by atoms with Crippen LogP contribution in [0, 0.1) is 13.8 Å². The van der Waals surface area contributed by atoms with Crippen molar-refractivity contribution in [2.75, 3.05) is 11.9 Å². The first-order chi connectivity index (χ1) is 11.3. The Morgan fingerprint density at radius 3 is 2.62 bits per heavy atom. The zero-order valence-corrected chi connectivity index (χ0v) is 14.4. The highest BCUT2D eigenvalue weighted by atomic mass is 32.2. The molecule has 2 rings (SSSR count). The standard InChI is InChI=1S/C17H20N2O4S/c1-12-6-7-13(2)16(10-12)23-9-8-17(20)19-14-4-3-5-15(11-14)24(18,21)22/h3-7,10-11H,8-9H2,1-2H3,(H,19,20)(H2,18,21,22). The molecule has 2 aromatic rings. The molecule has 0 aliphatic carbocycles. The number of nitrogens with one attached hydrogen (secondary N) is 1. The Labute approximate surface area is 141 Å². The first kappa shape index (κ1) is 18.0. The quantitative estimate of drug-likeness (QED) is 0.837. The average Bonchev–Trinajstić information content (AvgIpc) is 2.50. The molecule has 0 saturated heterocycles. The van der Waals surface area contributed by atoms with Crippen LogP contribution in [-0.2, 0) is 14.8 Å². The van der Waals surface area contributed by atoms with E-state index in [-0.39, 0.29) is 23.8 Å². The molecule has 128 valence electrons. The second-order valence-corrected chi connectivity index (χ2v) is 7.05. The summed E-state index contributed by atoms with van der Waals surface area (Å²) in [5.74, 6) is 0.478. The van der Waals surface area contributed by atoms with Gasteiger partial charge in [0, 0.05) is 5.69 Å². The number of carbonyl (C=O) groups is 1. The number of carbonyl (C=O) groups excluding carboxylic acids is 1. The van der Waals surface area contributed by atoms with E-state index >= 15 is 0 Å². The van der Waals surface area contributed by atoms with Gasteiger partial charge in [-0.1, -0.05) is 18.2 Å². The van der Waals surface area contributed by atoms with Gasteiger partial charge in [0.05, 0.1) is 17.9 Å². The Bertz CT molecular complexity index is 847. The third-order valence-corrected chi connectivity index (χ3v) is 4.29. The lowest BCUT2D eigenvalue weighted by atomic mass is 10.1. The molecular formula is C17H20N2O4S. The molecule has 0 fully saturated rings. The van der Waals surface area contributed by atoms with E-state index in [4.69, 9.17) is 9.88 Å². The number of aryl methyl sites for hydroxylation is 2. The number of sulfonamides is 1. The third kappa shape index (κ3) is 5.07. The van der Waals surface area contributed by atoms with Crippen molar-refractivity contribution in [1.29, 1.82) is 0 Å². The highest BCUT2D eigenvalue weighted by Crippen LogP contribution is 2.19. The van der Waals surface area contributed by atoms with Crippen molar-refractivity contribution in [3.8, 4) is 5.75 Å². The van der Waals surface area contributed by atoms with E-state index in [0.717, 1.165) is 16.9 Å². The second kappa shape index (κ2) is 7.46. The highest BCUT2D eigenvalue weighted by molar-refractivity contribution is 7.89. The van der Waals surface area contributed by atoms with E-state index < -0.39 is 10.0 Å². The summed E-state index contributed by atoms with van der Waals surface area (Å²) in [6, 6.07) is 11.7. The van der Waals surface area contributed by atoms with Crippen LogP contribution in [-0.4, -0.2) is 20.9 Å². The fourth-order valence-corrected chi connectivity index (χ4v) is 2.65. The smallest absolute Gasteiger partial charge is 0.238 e. The molecule has 6 nitrogen and oxygen atoms in total. The molecule has 0 unspecified atom stereocenters. The normalized spacial score (nSPS) is 11.1. The first-order valence-electron chi connectivity index (χ1n) is 7.38. The van der Waals surface area contributed by atoms with Gasteiger partial charge in [0.25, 0.3) is 0 Å². The number of primary sulfonamides is 1. The second-order valence-electron chi connectivity index (χ2n) is 5.49. The molecule has 0 radical (unpaired) electrons. The number of hydrogen-bond donors (Lipinski definition) is 2. The van der Waals surface area contributed by atoms with Crippen molar-refractivity contribution in [2.24, 2.45) is 5.14 Å². The molecule has 0 aromatic heterocycles. The summed E-state index contributed by atoms with van der Waals surface area (Å²) >= 11 is 0. The SMILES string of the molecule is Cc1ccc(C)c(OCCC(=O)Nc2cccc(S(N)(=O)=O)c2)c1. The molecule has 0 saturated carbocycles. The summed E-state index contributed by atoms with van der Waals surface area (Å²) < 4.78 is 28.2. The molecule has 2 aromatic carbocycles. The summed E-state index contributed by atoms with van der Waals surface area (Å²) in [6.07, 6.45) is 0.146. The van der Waals surface area contributed by atoms with Gasteiger partial charge in [0.15, 0.2) is 0 Å². The number of rotatable bonds is 6. The van der Waals surface area contributed by atoms with Crippen molar-refractivity contribution >= 4 is 21.6 Å². The van der Waals surface area contributed by atoms with Crippen molar-refractivity contribution in [3.05, 3.63) is 53.6 Å². The maximum atomic E-state index is 11.9. The van der Waals surface area contributed by atoms with Crippen LogP contribution in [0.3, 0.4) is 0 Å². The van der Waals surface area contributed by atoms with Crippen LogP contribution in [0.5, 0.6) is 5.75 Å². The van der Waals surface area contributed by atoms with E-state index in [0.29, 0.717) is 5.69 Å². The Hall–Kier alpha value is -2.38. The lowest BCUT2D eigenvalue weighted by molar-refractivity contribution is -0.116. The minimum atomic E-state index is -3.80. The van der Waals surface area contributed by atoms with Crippen molar-refractivity contribution in [3.63, 3.8) is 0 Å². The van der Waals surface area contributed by atoms with Gasteiger partial charge in [-0.05, 0) is 49.2 Å². The summed E-state index contributed by atoms with van der Waals surface area (Å²) in [6.45, 7) is 4.14. The molecule has 0 aliphatic rings. The first-order valence-corrected chi connectivity index (χ1v) is 8.93. The maximum absolute atomic E-state index is 11.9. The van der Waals surface area contributed by atoms with Crippen molar-refractivity contribution in [1.82, 2.24) is 0 Å². The van der Waals surface area contributed by atoms with Crippen LogP contribution in [0.15, 0.2) is 47.4 Å². The molecule has 0 heterocycles. The zero-order chi connectivity index (χ0) is 17.7. The fourth-order valence-electron chi connectivity index (χ4n) is 2.09. The number of amides is 1. The molecule has 3 N–H and O–H groups in total. The molecule has 7 heteroatoms. The number of hydrogen-bond acceptors (Lipinski definition) is 4. The minimum absolute atomic E-state index is 0.0491. The average molecular weight is 348 g/mol. The van der Waals surface area contributed by atoms with E-state index in [2.05, 4.69) is 5.32 Å². The van der Waals surface area contributed by atoms with Gasteiger partial charge in [-0.25, -0.2) is 13.6 Å². The van der Waals surface area contributed by atoms with Gasteiger partial charge in [0.2, 0.25) is 15.9 Å². The van der Waals surface area contributed by atoms with Gasteiger partial charge in [0.1, 0.15) is 5.75 Å². The van der Waals surface area contributed by atoms with Crippen LogP contribution in [0.25, 0.3) is 0 Å². The molecule has 0 bridgehead atoms. The number of nitrogens with two attached hydrogens (primary N) is 1. The Kier molecular flexibility index (Phi) is 5.58. The van der Waals surface area contributed by atoms with E-state index in [1.165, 1.54) is 18.2 Å². The van der Waals surface area contributed by atoms with Crippen LogP contribution in [0.2, 0.25) is 0 Å². The Morgan fingerprint density at radius 2 is 1.92 bits per heavy atom. The third-order valence-electron chi connectivity index (χ3n) is 3.38. The molecule has 24 heavy (non-hydrogen) atoms. The summed E-state index contributed by atoms with van der Waals surface area (Å²) in [5.41, 5.74) is 2.46. The van der Waals surface area contributed by atoms with Crippen molar-refractivity contribution in [2.45, 2.75) is 25.2 Å². The molecule has 0 atom stereocenters. The highest BCUT2D eigenvalue weighted by Gasteiger charge is 2.10. The maximum Gasteiger partial charge on any atom is 0.238 e. The number of anilines is 1. The van der Waals surface area contributed by atoms with Crippen LogP contribution in [0.1, 0.15) is 17.5 Å². The Balaban J connectivity index is 1.91.